The van der Waals surface area contributed by atoms with Gasteiger partial charge in [-0.2, -0.15) is 5.26 Å². The highest BCUT2D eigenvalue weighted by molar-refractivity contribution is 6.07. The summed E-state index contributed by atoms with van der Waals surface area (Å²) in [5.41, 5.74) is -2.61. The maximum absolute atomic E-state index is 13.6. The van der Waals surface area contributed by atoms with Gasteiger partial charge >= 0.3 is 17.9 Å². The zero-order chi connectivity index (χ0) is 42.4. The van der Waals surface area contributed by atoms with Crippen LogP contribution in [0.1, 0.15) is 130 Å². The average Bonchev–Trinajstić information content (AvgIpc) is 3.56. The largest absolute Gasteiger partial charge is 0.469 e. The van der Waals surface area contributed by atoms with Crippen molar-refractivity contribution in [2.45, 2.75) is 159 Å². The molecule has 11 fully saturated rings. The number of methoxy groups -OCH3 is 1. The van der Waals surface area contributed by atoms with Crippen molar-refractivity contribution in [3.05, 3.63) is 11.6 Å². The number of Topliss-reactive ketones (excluding diaryl/α,β-unsaturated/α-hetero) is 2. The second-order valence-corrected chi connectivity index (χ2v) is 22.5. The summed E-state index contributed by atoms with van der Waals surface area (Å²) < 4.78 is 23.9. The Bertz CT molecular complexity index is 2140. The Balaban J connectivity index is 0.000000136. The van der Waals surface area contributed by atoms with Crippen LogP contribution in [0.3, 0.4) is 0 Å². The quantitative estimate of drug-likeness (QED) is 0.147. The van der Waals surface area contributed by atoms with E-state index in [1.165, 1.54) is 7.11 Å². The first-order valence-electron chi connectivity index (χ1n) is 22.9. The van der Waals surface area contributed by atoms with Crippen LogP contribution in [0.4, 0.5) is 0 Å². The van der Waals surface area contributed by atoms with Crippen LogP contribution in [0.5, 0.6) is 0 Å². The van der Waals surface area contributed by atoms with E-state index in [-0.39, 0.29) is 99.0 Å². The zero-order valence-corrected chi connectivity index (χ0v) is 35.6. The summed E-state index contributed by atoms with van der Waals surface area (Å²) in [4.78, 5) is 75.9. The molecule has 3 heterocycles. The van der Waals surface area contributed by atoms with Crippen molar-refractivity contribution in [3.63, 3.8) is 0 Å². The van der Waals surface area contributed by atoms with Crippen LogP contribution in [-0.2, 0) is 47.7 Å². The normalized spacial score (nSPS) is 55.8. The van der Waals surface area contributed by atoms with Crippen LogP contribution >= 0.6 is 0 Å². The minimum atomic E-state index is -0.976. The number of aliphatic hydroxyl groups excluding tert-OH is 1. The molecule has 60 heavy (non-hydrogen) atoms. The molecule has 12 rings (SSSR count). The third-order valence-corrected chi connectivity index (χ3v) is 21.2. The number of rotatable bonds is 1. The lowest BCUT2D eigenvalue weighted by molar-refractivity contribution is -0.213. The fourth-order valence-corrected chi connectivity index (χ4v) is 18.4. The van der Waals surface area contributed by atoms with Crippen molar-refractivity contribution < 1.29 is 52.8 Å². The first-order chi connectivity index (χ1) is 28.3. The van der Waals surface area contributed by atoms with Gasteiger partial charge in [0.1, 0.15) is 28.4 Å². The van der Waals surface area contributed by atoms with Gasteiger partial charge < -0.3 is 24.1 Å². The monoisotopic (exact) mass is 825 g/mol. The molecule has 3 spiro atoms. The summed E-state index contributed by atoms with van der Waals surface area (Å²) in [5, 5.41) is 21.9. The molecule has 0 aromatic rings. The number of esters is 3. The van der Waals surface area contributed by atoms with E-state index in [9.17, 15) is 39.1 Å². The van der Waals surface area contributed by atoms with Crippen LogP contribution in [0.15, 0.2) is 11.6 Å². The van der Waals surface area contributed by atoms with Crippen LogP contribution in [-0.4, -0.2) is 76.5 Å². The summed E-state index contributed by atoms with van der Waals surface area (Å²) in [7, 11) is 1.45. The lowest BCUT2D eigenvalue weighted by Crippen LogP contribution is -2.65. The number of epoxide rings is 1. The van der Waals surface area contributed by atoms with Gasteiger partial charge in [-0.05, 0) is 112 Å². The van der Waals surface area contributed by atoms with Crippen LogP contribution in [0, 0.1) is 85.7 Å². The standard InChI is InChI=1S/C24H29NO5.C24H30O6/c1-21-6-4-14(26)19-20(29)12(9-23(19,21)11-25)17-13-3-7-24(8-5-16(28)30-24)22(13,2)10-15(27)18(17)21;1-21-7-4-14(25)10-13(21)11-15(20(27)28-3)19-16-5-8-23(9-6-18(26)30-23)22(16,2)12-17-24(19,21)29-17/h12-13,15,17-19,27H,3-10H2,1-2H3;10,15-17,19H,4-9,11-12H2,1-3H3/t12-,13?,15-,17?,18?,19+,21?,22?,23+,24-;15-,16?,17-,19?,21?,22?,23-,24?/m11/s1. The van der Waals surface area contributed by atoms with E-state index >= 15 is 0 Å². The van der Waals surface area contributed by atoms with Crippen LogP contribution in [0.2, 0.25) is 0 Å². The van der Waals surface area contributed by atoms with Crippen molar-refractivity contribution in [1.82, 2.24) is 0 Å². The first-order valence-corrected chi connectivity index (χ1v) is 22.9. The average molecular weight is 826 g/mol. The van der Waals surface area contributed by atoms with Gasteiger partial charge in [-0.25, -0.2) is 0 Å². The van der Waals surface area contributed by atoms with Crippen LogP contribution in [0.25, 0.3) is 0 Å². The fourth-order valence-electron chi connectivity index (χ4n) is 18.4. The number of hydrogen-bond donors (Lipinski definition) is 1. The van der Waals surface area contributed by atoms with E-state index in [2.05, 4.69) is 33.8 Å². The molecule has 9 aliphatic carbocycles. The van der Waals surface area contributed by atoms with Gasteiger partial charge in [0, 0.05) is 53.8 Å². The van der Waals surface area contributed by atoms with Crippen molar-refractivity contribution in [3.8, 4) is 6.07 Å². The SMILES string of the molecule is CC12C[C@@H](O)C3C(C1CC[C@@]21CCC(=O)O1)[C@H]1C[C@]2(C#N)[C@@H](C(=O)CCC32C)C1=O.COC(=O)[C@@H]1CC2=CC(=O)CCC2(C)C23O[C@@H]2CC2(C)C(CC[C@@]24CCC(=O)O4)C13. The van der Waals surface area contributed by atoms with Gasteiger partial charge in [0.25, 0.3) is 0 Å². The van der Waals surface area contributed by atoms with Gasteiger partial charge in [0.05, 0.1) is 42.6 Å². The number of nitriles is 1. The maximum Gasteiger partial charge on any atom is 0.309 e. The Hall–Kier alpha value is -3.43. The zero-order valence-electron chi connectivity index (χ0n) is 35.6. The molecule has 1 N–H and O–H groups in total. The lowest BCUT2D eigenvalue weighted by atomic mass is 9.39. The highest BCUT2D eigenvalue weighted by atomic mass is 16.6. The Morgan fingerprint density at radius 2 is 1.45 bits per heavy atom. The van der Waals surface area contributed by atoms with Crippen molar-refractivity contribution in [2.75, 3.05) is 7.11 Å². The molecule has 0 aromatic carbocycles. The van der Waals surface area contributed by atoms with Gasteiger partial charge in [-0.15, -0.1) is 0 Å². The molecular formula is C48H59NO11. The molecule has 10 unspecified atom stereocenters. The Labute approximate surface area is 351 Å². The van der Waals surface area contributed by atoms with E-state index in [0.29, 0.717) is 57.8 Å². The maximum atomic E-state index is 13.6. The predicted octanol–water partition coefficient (Wildman–Crippen LogP) is 5.70. The molecule has 0 amide bonds. The van der Waals surface area contributed by atoms with Crippen LogP contribution < -0.4 is 0 Å². The minimum absolute atomic E-state index is 0.0303. The van der Waals surface area contributed by atoms with Crippen molar-refractivity contribution in [1.29, 1.82) is 5.26 Å². The molecule has 3 saturated heterocycles. The molecule has 18 atom stereocenters. The highest BCUT2D eigenvalue weighted by Gasteiger charge is 2.84. The molecular weight excluding hydrogens is 767 g/mol. The van der Waals surface area contributed by atoms with Gasteiger partial charge in [-0.3, -0.25) is 28.8 Å². The molecule has 12 heteroatoms. The topological polar surface area (TPSA) is 187 Å². The number of fused-ring (bicyclic) bond motifs is 11. The number of carbonyl (C=O) groups is 6. The molecule has 322 valence electrons. The minimum Gasteiger partial charge on any atom is -0.469 e. The molecule has 8 saturated carbocycles. The Morgan fingerprint density at radius 3 is 2.07 bits per heavy atom. The molecule has 2 bridgehead atoms. The molecule has 0 radical (unpaired) electrons. The molecule has 12 aliphatic rings. The first kappa shape index (κ1) is 39.4. The number of aliphatic hydroxyl groups is 1. The Morgan fingerprint density at radius 1 is 0.800 bits per heavy atom. The third kappa shape index (κ3) is 4.27. The second-order valence-electron chi connectivity index (χ2n) is 22.5. The number of ether oxygens (including phenoxy) is 4. The van der Waals surface area contributed by atoms with Gasteiger partial charge in [0.15, 0.2) is 5.78 Å². The summed E-state index contributed by atoms with van der Waals surface area (Å²) in [6, 6.07) is 2.47. The summed E-state index contributed by atoms with van der Waals surface area (Å²) in [6.07, 6.45) is 11.6. The van der Waals surface area contributed by atoms with E-state index in [1.807, 2.05) is 0 Å². The molecule has 0 aromatic heterocycles. The lowest BCUT2D eigenvalue weighted by Gasteiger charge is -2.64. The molecule has 12 nitrogen and oxygen atoms in total. The van der Waals surface area contributed by atoms with E-state index in [4.69, 9.17) is 18.9 Å². The fraction of sp³-hybridized carbons (Fsp3) is 0.812. The second kappa shape index (κ2) is 12.0. The number of nitrogens with zero attached hydrogens (tertiary/aromatic N) is 1. The summed E-state index contributed by atoms with van der Waals surface area (Å²) in [5.74, 6) is -1.72. The number of carbonyl (C=O) groups excluding carboxylic acids is 6. The van der Waals surface area contributed by atoms with E-state index in [0.717, 1.165) is 50.5 Å². The van der Waals surface area contributed by atoms with Crippen molar-refractivity contribution >= 4 is 35.3 Å². The highest BCUT2D eigenvalue weighted by Crippen LogP contribution is 2.79. The van der Waals surface area contributed by atoms with Gasteiger partial charge in [0.2, 0.25) is 0 Å². The summed E-state index contributed by atoms with van der Waals surface area (Å²) >= 11 is 0. The van der Waals surface area contributed by atoms with Crippen molar-refractivity contribution in [2.24, 2.45) is 74.4 Å². The third-order valence-electron chi connectivity index (χ3n) is 21.2. The summed E-state index contributed by atoms with van der Waals surface area (Å²) in [6.45, 7) is 8.72. The van der Waals surface area contributed by atoms with E-state index < -0.39 is 39.7 Å². The smallest absolute Gasteiger partial charge is 0.309 e. The Kier molecular flexibility index (Phi) is 7.87. The number of ketones is 3. The predicted molar refractivity (Wildman–Crippen MR) is 209 cm³/mol. The molecule has 3 aliphatic heterocycles. The van der Waals surface area contributed by atoms with Gasteiger partial charge in [-0.1, -0.05) is 33.3 Å². The number of hydrogen-bond acceptors (Lipinski definition) is 12. The van der Waals surface area contributed by atoms with E-state index in [1.54, 1.807) is 6.08 Å².